The van der Waals surface area contributed by atoms with Crippen molar-refractivity contribution < 1.29 is 24.2 Å². The molecule has 7 nitrogen and oxygen atoms in total. The zero-order valence-corrected chi connectivity index (χ0v) is 14.2. The van der Waals surface area contributed by atoms with Crippen molar-refractivity contribution in [1.82, 2.24) is 9.88 Å². The Morgan fingerprint density at radius 1 is 1.48 bits per heavy atom. The van der Waals surface area contributed by atoms with E-state index in [-0.39, 0.29) is 31.7 Å². The number of thiazole rings is 1. The van der Waals surface area contributed by atoms with Gasteiger partial charge in [0.1, 0.15) is 11.0 Å². The fraction of sp³-hybridized carbons (Fsp3) is 0.600. The van der Waals surface area contributed by atoms with Gasteiger partial charge in [0.25, 0.3) is 0 Å². The number of ether oxygens (including phenoxy) is 1. The van der Waals surface area contributed by atoms with Crippen LogP contribution < -0.4 is 0 Å². The smallest absolute Gasteiger partial charge is 0.410 e. The second kappa shape index (κ2) is 6.27. The quantitative estimate of drug-likeness (QED) is 0.845. The van der Waals surface area contributed by atoms with Crippen molar-refractivity contribution in [3.8, 4) is 0 Å². The molecule has 0 aromatic carbocycles. The SMILES string of the molecule is CC(C)(C)OC(=O)N1CCC(=O)C(Cc2cscn2)(C(=O)O)C1. The molecule has 1 atom stereocenters. The van der Waals surface area contributed by atoms with E-state index in [1.165, 1.54) is 16.2 Å². The van der Waals surface area contributed by atoms with Crippen LogP contribution in [0, 0.1) is 5.41 Å². The number of hydrogen-bond donors (Lipinski definition) is 1. The summed E-state index contributed by atoms with van der Waals surface area (Å²) in [4.78, 5) is 41.8. The molecule has 23 heavy (non-hydrogen) atoms. The highest BCUT2D eigenvalue weighted by atomic mass is 32.1. The van der Waals surface area contributed by atoms with Gasteiger partial charge < -0.3 is 14.7 Å². The number of rotatable bonds is 3. The van der Waals surface area contributed by atoms with E-state index in [0.717, 1.165) is 0 Å². The van der Waals surface area contributed by atoms with Crippen LogP contribution in [0.4, 0.5) is 4.79 Å². The highest BCUT2D eigenvalue weighted by Crippen LogP contribution is 2.32. The van der Waals surface area contributed by atoms with Crippen LogP contribution in [0.3, 0.4) is 0 Å². The molecule has 1 aliphatic rings. The first-order valence-corrected chi connectivity index (χ1v) is 8.20. The van der Waals surface area contributed by atoms with Crippen molar-refractivity contribution >= 4 is 29.2 Å². The minimum atomic E-state index is -1.66. The van der Waals surface area contributed by atoms with E-state index in [0.29, 0.717) is 5.69 Å². The zero-order chi connectivity index (χ0) is 17.3. The van der Waals surface area contributed by atoms with Crippen molar-refractivity contribution in [2.24, 2.45) is 5.41 Å². The molecule has 0 saturated carbocycles. The average Bonchev–Trinajstić information content (AvgIpc) is 2.91. The van der Waals surface area contributed by atoms with Gasteiger partial charge in [0.15, 0.2) is 5.78 Å². The van der Waals surface area contributed by atoms with E-state index >= 15 is 0 Å². The average molecular weight is 340 g/mol. The maximum atomic E-state index is 12.4. The molecule has 1 N–H and O–H groups in total. The van der Waals surface area contributed by atoms with Crippen molar-refractivity contribution in [3.05, 3.63) is 16.6 Å². The number of carboxylic acids is 1. The number of likely N-dealkylation sites (tertiary alicyclic amines) is 1. The van der Waals surface area contributed by atoms with E-state index in [9.17, 15) is 19.5 Å². The Bertz CT molecular complexity index is 608. The predicted molar refractivity (Wildman–Crippen MR) is 83.3 cm³/mol. The summed E-state index contributed by atoms with van der Waals surface area (Å²) < 4.78 is 5.29. The Kier molecular flexibility index (Phi) is 4.74. The first kappa shape index (κ1) is 17.4. The largest absolute Gasteiger partial charge is 0.480 e. The van der Waals surface area contributed by atoms with Gasteiger partial charge in [0.2, 0.25) is 0 Å². The summed E-state index contributed by atoms with van der Waals surface area (Å²) in [5, 5.41) is 11.4. The number of piperidine rings is 1. The first-order chi connectivity index (χ1) is 10.6. The Labute approximate surface area is 138 Å². The van der Waals surface area contributed by atoms with Crippen molar-refractivity contribution in [3.63, 3.8) is 0 Å². The fourth-order valence-corrected chi connectivity index (χ4v) is 3.06. The van der Waals surface area contributed by atoms with Crippen LogP contribution in [0.2, 0.25) is 0 Å². The first-order valence-electron chi connectivity index (χ1n) is 7.26. The van der Waals surface area contributed by atoms with E-state index < -0.39 is 23.1 Å². The Hall–Kier alpha value is -1.96. The fourth-order valence-electron chi connectivity index (χ4n) is 2.50. The molecule has 1 aromatic rings. The molecular weight excluding hydrogens is 320 g/mol. The summed E-state index contributed by atoms with van der Waals surface area (Å²) >= 11 is 1.33. The number of carbonyl (C=O) groups excluding carboxylic acids is 2. The summed E-state index contributed by atoms with van der Waals surface area (Å²) in [6.45, 7) is 5.17. The zero-order valence-electron chi connectivity index (χ0n) is 13.4. The maximum Gasteiger partial charge on any atom is 0.410 e. The van der Waals surface area contributed by atoms with Crippen molar-refractivity contribution in [2.45, 2.75) is 39.2 Å². The number of nitrogens with zero attached hydrogens (tertiary/aromatic N) is 2. The van der Waals surface area contributed by atoms with Gasteiger partial charge in [0.05, 0.1) is 11.2 Å². The second-order valence-corrected chi connectivity index (χ2v) is 7.34. The lowest BCUT2D eigenvalue weighted by Gasteiger charge is -2.38. The van der Waals surface area contributed by atoms with Crippen LogP contribution in [0.25, 0.3) is 0 Å². The van der Waals surface area contributed by atoms with Crippen molar-refractivity contribution in [1.29, 1.82) is 0 Å². The summed E-state index contributed by atoms with van der Waals surface area (Å²) in [6.07, 6.45) is -0.631. The third-order valence-corrected chi connectivity index (χ3v) is 4.27. The van der Waals surface area contributed by atoms with Crippen LogP contribution in [0.15, 0.2) is 10.9 Å². The van der Waals surface area contributed by atoms with Crippen LogP contribution in [-0.4, -0.2) is 51.5 Å². The van der Waals surface area contributed by atoms with Crippen LogP contribution in [0.5, 0.6) is 0 Å². The maximum absolute atomic E-state index is 12.4. The number of aromatic nitrogens is 1. The number of aliphatic carboxylic acids is 1. The normalized spacial score (nSPS) is 22.0. The molecular formula is C15H20N2O5S. The molecule has 0 radical (unpaired) electrons. The van der Waals surface area contributed by atoms with Crippen LogP contribution >= 0.6 is 11.3 Å². The Balaban J connectivity index is 2.24. The lowest BCUT2D eigenvalue weighted by Crippen LogP contribution is -2.57. The third-order valence-electron chi connectivity index (χ3n) is 3.63. The van der Waals surface area contributed by atoms with E-state index in [2.05, 4.69) is 4.98 Å². The molecule has 1 amide bonds. The number of carboxylic acid groups (broad SMARTS) is 1. The van der Waals surface area contributed by atoms with Gasteiger partial charge in [-0.05, 0) is 20.8 Å². The topological polar surface area (TPSA) is 96.8 Å². The van der Waals surface area contributed by atoms with Gasteiger partial charge in [-0.25, -0.2) is 9.78 Å². The van der Waals surface area contributed by atoms with Crippen molar-refractivity contribution in [2.75, 3.05) is 13.1 Å². The lowest BCUT2D eigenvalue weighted by molar-refractivity contribution is -0.158. The monoisotopic (exact) mass is 340 g/mol. The number of hydrogen-bond acceptors (Lipinski definition) is 6. The third kappa shape index (κ3) is 3.87. The standard InChI is InChI=1S/C15H20N2O5S/c1-14(2,3)22-13(21)17-5-4-11(18)15(8-17,12(19)20)6-10-7-23-9-16-10/h7,9H,4-6,8H2,1-3H3,(H,19,20). The van der Waals surface area contributed by atoms with Gasteiger partial charge in [-0.1, -0.05) is 0 Å². The molecule has 1 saturated heterocycles. The molecule has 126 valence electrons. The van der Waals surface area contributed by atoms with Crippen LogP contribution in [-0.2, 0) is 20.7 Å². The predicted octanol–water partition coefficient (Wildman–Crippen LogP) is 1.97. The molecule has 2 heterocycles. The van der Waals surface area contributed by atoms with Gasteiger partial charge >= 0.3 is 12.1 Å². The molecule has 1 aromatic heterocycles. The molecule has 2 rings (SSSR count). The van der Waals surface area contributed by atoms with E-state index in [1.807, 2.05) is 0 Å². The lowest BCUT2D eigenvalue weighted by atomic mass is 9.75. The Morgan fingerprint density at radius 2 is 2.17 bits per heavy atom. The summed E-state index contributed by atoms with van der Waals surface area (Å²) in [7, 11) is 0. The van der Waals surface area contributed by atoms with Gasteiger partial charge in [-0.2, -0.15) is 0 Å². The summed E-state index contributed by atoms with van der Waals surface area (Å²) in [6, 6.07) is 0. The second-order valence-electron chi connectivity index (χ2n) is 6.62. The van der Waals surface area contributed by atoms with Gasteiger partial charge in [-0.15, -0.1) is 11.3 Å². The molecule has 0 spiro atoms. The molecule has 0 aliphatic carbocycles. The molecule has 0 bridgehead atoms. The summed E-state index contributed by atoms with van der Waals surface area (Å²) in [5.41, 5.74) is -0.219. The molecule has 1 fully saturated rings. The molecule has 8 heteroatoms. The Morgan fingerprint density at radius 3 is 2.70 bits per heavy atom. The number of carbonyl (C=O) groups is 3. The molecule has 1 aliphatic heterocycles. The number of amides is 1. The highest BCUT2D eigenvalue weighted by Gasteiger charge is 2.51. The number of ketones is 1. The number of Topliss-reactive ketones (excluding diaryl/α,β-unsaturated/α-hetero) is 1. The van der Waals surface area contributed by atoms with E-state index in [1.54, 1.807) is 31.7 Å². The van der Waals surface area contributed by atoms with Crippen LogP contribution in [0.1, 0.15) is 32.9 Å². The molecule has 1 unspecified atom stereocenters. The van der Waals surface area contributed by atoms with Gasteiger partial charge in [-0.3, -0.25) is 9.59 Å². The van der Waals surface area contributed by atoms with E-state index in [4.69, 9.17) is 4.74 Å². The highest BCUT2D eigenvalue weighted by molar-refractivity contribution is 7.07. The van der Waals surface area contributed by atoms with Gasteiger partial charge in [0, 0.05) is 31.3 Å². The minimum Gasteiger partial charge on any atom is -0.480 e. The summed E-state index contributed by atoms with van der Waals surface area (Å²) in [5.74, 6) is -1.61. The minimum absolute atomic E-state index is 0.00429.